The zero-order valence-electron chi connectivity index (χ0n) is 12.1. The molecule has 1 unspecified atom stereocenters. The van der Waals surface area contributed by atoms with Gasteiger partial charge in [-0.25, -0.2) is 17.5 Å². The Bertz CT molecular complexity index is 618. The van der Waals surface area contributed by atoms with Gasteiger partial charge in [0.2, 0.25) is 10.0 Å². The first-order chi connectivity index (χ1) is 9.83. The Kier molecular flexibility index (Phi) is 5.24. The van der Waals surface area contributed by atoms with E-state index in [2.05, 4.69) is 10.0 Å². The Morgan fingerprint density at radius 2 is 2.10 bits per heavy atom. The van der Waals surface area contributed by atoms with E-state index < -0.39 is 15.8 Å². The lowest BCUT2D eigenvalue weighted by molar-refractivity contribution is 0.530. The van der Waals surface area contributed by atoms with Crippen LogP contribution >= 0.6 is 11.6 Å². The molecule has 1 aliphatic rings. The van der Waals surface area contributed by atoms with E-state index in [0.29, 0.717) is 12.5 Å². The van der Waals surface area contributed by atoms with Crippen molar-refractivity contribution in [1.29, 1.82) is 0 Å². The van der Waals surface area contributed by atoms with E-state index in [1.165, 1.54) is 6.07 Å². The SMILES string of the molecule is CCC(C)NS(=O)(=O)c1cc(Cl)cc(CNC2CC2)c1F. The molecule has 0 spiro atoms. The van der Waals surface area contributed by atoms with Crippen LogP contribution in [0.4, 0.5) is 4.39 Å². The van der Waals surface area contributed by atoms with Crippen molar-refractivity contribution in [3.63, 3.8) is 0 Å². The minimum Gasteiger partial charge on any atom is -0.310 e. The van der Waals surface area contributed by atoms with Gasteiger partial charge in [-0.15, -0.1) is 0 Å². The van der Waals surface area contributed by atoms with Crippen LogP contribution in [-0.2, 0) is 16.6 Å². The molecule has 0 amide bonds. The van der Waals surface area contributed by atoms with Crippen molar-refractivity contribution >= 4 is 21.6 Å². The number of hydrogen-bond donors (Lipinski definition) is 2. The van der Waals surface area contributed by atoms with Crippen LogP contribution in [0.5, 0.6) is 0 Å². The van der Waals surface area contributed by atoms with Crippen LogP contribution in [0.3, 0.4) is 0 Å². The second-order valence-corrected chi connectivity index (χ2v) is 7.58. The summed E-state index contributed by atoms with van der Waals surface area (Å²) in [6, 6.07) is 2.76. The molecule has 0 saturated heterocycles. The molecule has 1 aliphatic carbocycles. The highest BCUT2D eigenvalue weighted by molar-refractivity contribution is 7.89. The zero-order chi connectivity index (χ0) is 15.6. The van der Waals surface area contributed by atoms with Gasteiger partial charge in [0.1, 0.15) is 10.7 Å². The number of benzene rings is 1. The van der Waals surface area contributed by atoms with E-state index in [4.69, 9.17) is 11.6 Å². The molecule has 0 aliphatic heterocycles. The van der Waals surface area contributed by atoms with Gasteiger partial charge in [-0.05, 0) is 38.3 Å². The summed E-state index contributed by atoms with van der Waals surface area (Å²) in [6.45, 7) is 3.87. The van der Waals surface area contributed by atoms with Crippen molar-refractivity contribution in [3.05, 3.63) is 28.5 Å². The van der Waals surface area contributed by atoms with Crippen LogP contribution in [0.25, 0.3) is 0 Å². The molecule has 1 saturated carbocycles. The molecule has 1 atom stereocenters. The summed E-state index contributed by atoms with van der Waals surface area (Å²) in [5, 5.41) is 3.37. The monoisotopic (exact) mass is 334 g/mol. The first-order valence-electron chi connectivity index (χ1n) is 7.07. The van der Waals surface area contributed by atoms with E-state index in [-0.39, 0.29) is 28.1 Å². The fourth-order valence-corrected chi connectivity index (χ4v) is 3.67. The lowest BCUT2D eigenvalue weighted by Crippen LogP contribution is -2.33. The number of halogens is 2. The summed E-state index contributed by atoms with van der Waals surface area (Å²) in [4.78, 5) is -0.386. The fraction of sp³-hybridized carbons (Fsp3) is 0.571. The van der Waals surface area contributed by atoms with Gasteiger partial charge in [0.15, 0.2) is 0 Å². The maximum absolute atomic E-state index is 14.5. The number of sulfonamides is 1. The first kappa shape index (κ1) is 16.7. The van der Waals surface area contributed by atoms with Crippen molar-refractivity contribution in [2.24, 2.45) is 0 Å². The third kappa shape index (κ3) is 4.39. The fourth-order valence-electron chi connectivity index (χ4n) is 1.90. The van der Waals surface area contributed by atoms with Gasteiger partial charge in [0, 0.05) is 29.2 Å². The Labute approximate surface area is 130 Å². The molecule has 7 heteroatoms. The number of rotatable bonds is 7. The van der Waals surface area contributed by atoms with Crippen LogP contribution in [0, 0.1) is 5.82 Å². The van der Waals surface area contributed by atoms with Gasteiger partial charge in [-0.3, -0.25) is 0 Å². The highest BCUT2D eigenvalue weighted by Gasteiger charge is 2.25. The molecule has 1 aromatic rings. The smallest absolute Gasteiger partial charge is 0.243 e. The number of hydrogen-bond acceptors (Lipinski definition) is 3. The van der Waals surface area contributed by atoms with Crippen LogP contribution in [0.15, 0.2) is 17.0 Å². The molecule has 1 aromatic carbocycles. The van der Waals surface area contributed by atoms with Crippen molar-refractivity contribution < 1.29 is 12.8 Å². The highest BCUT2D eigenvalue weighted by atomic mass is 35.5. The van der Waals surface area contributed by atoms with Gasteiger partial charge >= 0.3 is 0 Å². The van der Waals surface area contributed by atoms with Crippen LogP contribution in [0.1, 0.15) is 38.7 Å². The Hall–Kier alpha value is -0.690. The molecule has 118 valence electrons. The second kappa shape index (κ2) is 6.60. The van der Waals surface area contributed by atoms with E-state index in [1.54, 1.807) is 6.92 Å². The lowest BCUT2D eigenvalue weighted by atomic mass is 10.2. The molecule has 2 rings (SSSR count). The van der Waals surface area contributed by atoms with Crippen molar-refractivity contribution in [3.8, 4) is 0 Å². The Balaban J connectivity index is 2.29. The second-order valence-electron chi connectivity index (χ2n) is 5.46. The molecule has 1 fully saturated rings. The van der Waals surface area contributed by atoms with Gasteiger partial charge in [-0.2, -0.15) is 0 Å². The van der Waals surface area contributed by atoms with Crippen LogP contribution in [-0.4, -0.2) is 20.5 Å². The molecule has 0 heterocycles. The van der Waals surface area contributed by atoms with Gasteiger partial charge in [0.05, 0.1) is 0 Å². The zero-order valence-corrected chi connectivity index (χ0v) is 13.7. The van der Waals surface area contributed by atoms with Crippen molar-refractivity contribution in [1.82, 2.24) is 10.0 Å². The third-order valence-electron chi connectivity index (χ3n) is 3.50. The average Bonchev–Trinajstić information content (AvgIpc) is 3.22. The summed E-state index contributed by atoms with van der Waals surface area (Å²) in [5.74, 6) is -0.733. The normalized spacial score (nSPS) is 17.0. The summed E-state index contributed by atoms with van der Waals surface area (Å²) >= 11 is 5.94. The largest absolute Gasteiger partial charge is 0.310 e. The van der Waals surface area contributed by atoms with Crippen LogP contribution in [0.2, 0.25) is 5.02 Å². The minimum absolute atomic E-state index is 0.216. The Morgan fingerprint density at radius 1 is 1.43 bits per heavy atom. The molecule has 21 heavy (non-hydrogen) atoms. The van der Waals surface area contributed by atoms with Gasteiger partial charge in [0.25, 0.3) is 0 Å². The summed E-state index contributed by atoms with van der Waals surface area (Å²) < 4.78 is 41.4. The summed E-state index contributed by atoms with van der Waals surface area (Å²) in [7, 11) is -3.91. The van der Waals surface area contributed by atoms with E-state index >= 15 is 0 Å². The maximum Gasteiger partial charge on any atom is 0.243 e. The molecular formula is C14H20ClFN2O2S. The quantitative estimate of drug-likeness (QED) is 0.806. The molecular weight excluding hydrogens is 315 g/mol. The molecule has 4 nitrogen and oxygen atoms in total. The molecule has 2 N–H and O–H groups in total. The van der Waals surface area contributed by atoms with Gasteiger partial charge < -0.3 is 5.32 Å². The van der Waals surface area contributed by atoms with E-state index in [1.807, 2.05) is 6.92 Å². The summed E-state index contributed by atoms with van der Waals surface area (Å²) in [5.41, 5.74) is 0.277. The third-order valence-corrected chi connectivity index (χ3v) is 5.30. The molecule has 0 radical (unpaired) electrons. The lowest BCUT2D eigenvalue weighted by Gasteiger charge is -2.15. The van der Waals surface area contributed by atoms with Crippen LogP contribution < -0.4 is 10.0 Å². The topological polar surface area (TPSA) is 58.2 Å². The molecule has 0 bridgehead atoms. The predicted molar refractivity (Wildman–Crippen MR) is 81.3 cm³/mol. The molecule has 0 aromatic heterocycles. The first-order valence-corrected chi connectivity index (χ1v) is 8.93. The minimum atomic E-state index is -3.91. The van der Waals surface area contributed by atoms with Crippen molar-refractivity contribution in [2.45, 2.75) is 56.6 Å². The maximum atomic E-state index is 14.5. The Morgan fingerprint density at radius 3 is 2.67 bits per heavy atom. The summed E-state index contributed by atoms with van der Waals surface area (Å²) in [6.07, 6.45) is 2.77. The van der Waals surface area contributed by atoms with E-state index in [0.717, 1.165) is 18.9 Å². The average molecular weight is 335 g/mol. The predicted octanol–water partition coefficient (Wildman–Crippen LogP) is 2.81. The standard InChI is InChI=1S/C14H20ClFN2O2S/c1-3-9(2)18-21(19,20)13-7-11(15)6-10(14(13)16)8-17-12-4-5-12/h6-7,9,12,17-18H,3-5,8H2,1-2H3. The van der Waals surface area contributed by atoms with Gasteiger partial charge in [-0.1, -0.05) is 18.5 Å². The highest BCUT2D eigenvalue weighted by Crippen LogP contribution is 2.25. The van der Waals surface area contributed by atoms with Crippen molar-refractivity contribution in [2.75, 3.05) is 0 Å². The van der Waals surface area contributed by atoms with E-state index in [9.17, 15) is 12.8 Å². The number of nitrogens with one attached hydrogen (secondary N) is 2.